The van der Waals surface area contributed by atoms with Gasteiger partial charge in [-0.15, -0.1) is 0 Å². The van der Waals surface area contributed by atoms with Gasteiger partial charge in [0.1, 0.15) is 0 Å². The lowest BCUT2D eigenvalue weighted by atomic mass is 9.95. The second-order valence-corrected chi connectivity index (χ2v) is 4.38. The first-order chi connectivity index (χ1) is 9.54. The number of aryl methyl sites for hydroxylation is 1. The highest BCUT2D eigenvalue weighted by Gasteiger charge is 2.18. The molecule has 0 amide bonds. The van der Waals surface area contributed by atoms with Crippen molar-refractivity contribution in [1.82, 2.24) is 0 Å². The lowest BCUT2D eigenvalue weighted by Gasteiger charge is -2.10. The van der Waals surface area contributed by atoms with E-state index in [0.29, 0.717) is 12.0 Å². The van der Waals surface area contributed by atoms with Gasteiger partial charge in [0.25, 0.3) is 0 Å². The Labute approximate surface area is 116 Å². The Morgan fingerprint density at radius 1 is 0.900 bits per heavy atom. The zero-order valence-corrected chi connectivity index (χ0v) is 11.0. The number of hydrogen-bond acceptors (Lipinski definition) is 2. The molecule has 2 aliphatic carbocycles. The van der Waals surface area contributed by atoms with Crippen LogP contribution >= 0.6 is 0 Å². The Bertz CT molecular complexity index is 636. The van der Waals surface area contributed by atoms with Gasteiger partial charge >= 0.3 is 11.9 Å². The molecule has 0 radical (unpaired) electrons. The van der Waals surface area contributed by atoms with Gasteiger partial charge in [0, 0.05) is 0 Å². The van der Waals surface area contributed by atoms with Crippen LogP contribution in [0.1, 0.15) is 33.2 Å². The van der Waals surface area contributed by atoms with Crippen molar-refractivity contribution in [2.75, 3.05) is 0 Å². The van der Waals surface area contributed by atoms with Crippen LogP contribution in [0.25, 0.3) is 11.1 Å². The minimum absolute atomic E-state index is 0.109. The smallest absolute Gasteiger partial charge is 0.336 e. The molecule has 4 heteroatoms. The van der Waals surface area contributed by atoms with Gasteiger partial charge < -0.3 is 10.2 Å². The standard InChI is InChI=1S/C10H10O4.C6H4/c1-2-6-4-3-5-7(9(11)12)8(6)10(13)14;1-2-6-4-3-5(1)6/h3-5H,2H2,1H3,(H,11,12)(H,13,14);1-4H. The molecule has 0 heterocycles. The minimum atomic E-state index is -1.21. The molecular formula is C16H14O4. The summed E-state index contributed by atoms with van der Waals surface area (Å²) in [5.74, 6) is -2.41. The van der Waals surface area contributed by atoms with Crippen molar-refractivity contribution in [3.05, 3.63) is 59.2 Å². The van der Waals surface area contributed by atoms with Crippen molar-refractivity contribution in [2.45, 2.75) is 13.3 Å². The molecular weight excluding hydrogens is 256 g/mol. The molecule has 0 aromatic heterocycles. The summed E-state index contributed by atoms with van der Waals surface area (Å²) in [6.45, 7) is 1.79. The summed E-state index contributed by atoms with van der Waals surface area (Å²) >= 11 is 0. The highest BCUT2D eigenvalue weighted by Crippen LogP contribution is 2.29. The van der Waals surface area contributed by atoms with Gasteiger partial charge in [0.05, 0.1) is 11.1 Å². The van der Waals surface area contributed by atoms with Crippen LogP contribution in [0.2, 0.25) is 0 Å². The third-order valence-electron chi connectivity index (χ3n) is 3.19. The van der Waals surface area contributed by atoms with Crippen molar-refractivity contribution in [3.8, 4) is 11.1 Å². The second-order valence-electron chi connectivity index (χ2n) is 4.38. The van der Waals surface area contributed by atoms with Crippen molar-refractivity contribution in [1.29, 1.82) is 0 Å². The minimum Gasteiger partial charge on any atom is -0.478 e. The molecule has 2 N–H and O–H groups in total. The van der Waals surface area contributed by atoms with Crippen molar-refractivity contribution in [2.24, 2.45) is 0 Å². The molecule has 102 valence electrons. The first-order valence-corrected chi connectivity index (χ1v) is 6.23. The Morgan fingerprint density at radius 3 is 1.75 bits per heavy atom. The lowest BCUT2D eigenvalue weighted by Crippen LogP contribution is -2.10. The number of benzene rings is 2. The third kappa shape index (κ3) is 2.54. The molecule has 4 nitrogen and oxygen atoms in total. The van der Waals surface area contributed by atoms with Gasteiger partial charge in [0.15, 0.2) is 0 Å². The van der Waals surface area contributed by atoms with E-state index in [2.05, 4.69) is 24.3 Å². The number of carbonyl (C=O) groups is 2. The molecule has 0 fully saturated rings. The fraction of sp³-hybridized carbons (Fsp3) is 0.125. The summed E-state index contributed by atoms with van der Waals surface area (Å²) in [5, 5.41) is 17.6. The molecule has 0 saturated heterocycles. The largest absolute Gasteiger partial charge is 0.478 e. The van der Waals surface area contributed by atoms with Gasteiger partial charge in [-0.3, -0.25) is 0 Å². The monoisotopic (exact) mass is 270 g/mol. The number of rotatable bonds is 3. The molecule has 0 aliphatic heterocycles. The van der Waals surface area contributed by atoms with E-state index in [1.165, 1.54) is 17.2 Å². The van der Waals surface area contributed by atoms with Crippen LogP contribution in [-0.2, 0) is 6.42 Å². The van der Waals surface area contributed by atoms with Crippen molar-refractivity contribution < 1.29 is 19.8 Å². The van der Waals surface area contributed by atoms with Crippen LogP contribution in [0.3, 0.4) is 0 Å². The zero-order chi connectivity index (χ0) is 14.7. The average molecular weight is 270 g/mol. The molecule has 0 unspecified atom stereocenters. The van der Waals surface area contributed by atoms with Crippen LogP contribution in [0.15, 0.2) is 42.5 Å². The molecule has 2 aliphatic rings. The summed E-state index contributed by atoms with van der Waals surface area (Å²) in [6.07, 6.45) is 0.503. The second kappa shape index (κ2) is 5.57. The van der Waals surface area contributed by atoms with Gasteiger partial charge in [-0.2, -0.15) is 0 Å². The van der Waals surface area contributed by atoms with E-state index in [0.717, 1.165) is 0 Å². The maximum Gasteiger partial charge on any atom is 0.336 e. The summed E-state index contributed by atoms with van der Waals surface area (Å²) in [5.41, 5.74) is 3.13. The highest BCUT2D eigenvalue weighted by molar-refractivity contribution is 6.02. The fourth-order valence-corrected chi connectivity index (χ4v) is 1.99. The summed E-state index contributed by atoms with van der Waals surface area (Å²) in [4.78, 5) is 21.6. The van der Waals surface area contributed by atoms with Crippen LogP contribution < -0.4 is 0 Å². The molecule has 20 heavy (non-hydrogen) atoms. The van der Waals surface area contributed by atoms with Gasteiger partial charge in [-0.25, -0.2) is 9.59 Å². The van der Waals surface area contributed by atoms with Crippen molar-refractivity contribution in [3.63, 3.8) is 0 Å². The number of hydrogen-bond donors (Lipinski definition) is 2. The van der Waals surface area contributed by atoms with E-state index in [-0.39, 0.29) is 11.1 Å². The average Bonchev–Trinajstić information content (AvgIpc) is 2.42. The van der Waals surface area contributed by atoms with Crippen LogP contribution in [0, 0.1) is 0 Å². The predicted molar refractivity (Wildman–Crippen MR) is 75.2 cm³/mol. The zero-order valence-electron chi connectivity index (χ0n) is 11.0. The molecule has 0 atom stereocenters. The Kier molecular flexibility index (Phi) is 3.84. The predicted octanol–water partition coefficient (Wildman–Crippen LogP) is 3.31. The lowest BCUT2D eigenvalue weighted by molar-refractivity contribution is 0.0650. The van der Waals surface area contributed by atoms with Crippen LogP contribution in [-0.4, -0.2) is 22.2 Å². The fourth-order valence-electron chi connectivity index (χ4n) is 1.99. The van der Waals surface area contributed by atoms with Gasteiger partial charge in [-0.05, 0) is 29.2 Å². The van der Waals surface area contributed by atoms with E-state index >= 15 is 0 Å². The SMILES string of the molecule is CCc1cccc(C(=O)O)c1C(=O)O.c1cc2ccc1-2. The van der Waals surface area contributed by atoms with E-state index in [1.807, 2.05) is 0 Å². The van der Waals surface area contributed by atoms with Crippen molar-refractivity contribution >= 4 is 11.9 Å². The summed E-state index contributed by atoms with van der Waals surface area (Å²) in [7, 11) is 0. The number of carboxylic acids is 2. The first kappa shape index (κ1) is 13.8. The van der Waals surface area contributed by atoms with E-state index in [4.69, 9.17) is 10.2 Å². The highest BCUT2D eigenvalue weighted by atomic mass is 16.4. The topological polar surface area (TPSA) is 74.6 Å². The Balaban J connectivity index is 0.000000198. The molecule has 0 spiro atoms. The van der Waals surface area contributed by atoms with Gasteiger partial charge in [0.2, 0.25) is 0 Å². The summed E-state index contributed by atoms with van der Waals surface area (Å²) in [6, 6.07) is 12.9. The molecule has 1 aromatic carbocycles. The van der Waals surface area contributed by atoms with Crippen LogP contribution in [0.5, 0.6) is 0 Å². The Hall–Kier alpha value is -2.62. The molecule has 1 aromatic rings. The first-order valence-electron chi connectivity index (χ1n) is 6.23. The number of fused-ring (bicyclic) bond motifs is 1. The molecule has 3 rings (SSSR count). The quantitative estimate of drug-likeness (QED) is 0.765. The number of carboxylic acid groups (broad SMARTS) is 2. The van der Waals surface area contributed by atoms with Gasteiger partial charge in [-0.1, -0.05) is 43.3 Å². The van der Waals surface area contributed by atoms with E-state index in [1.54, 1.807) is 19.1 Å². The maximum atomic E-state index is 10.8. The third-order valence-corrected chi connectivity index (χ3v) is 3.19. The summed E-state index contributed by atoms with van der Waals surface area (Å²) < 4.78 is 0. The molecule has 0 bridgehead atoms. The van der Waals surface area contributed by atoms with E-state index < -0.39 is 11.9 Å². The normalized spacial score (nSPS) is 10.2. The Morgan fingerprint density at radius 2 is 1.45 bits per heavy atom. The van der Waals surface area contributed by atoms with Crippen LogP contribution in [0.4, 0.5) is 0 Å². The maximum absolute atomic E-state index is 10.8. The van der Waals surface area contributed by atoms with E-state index in [9.17, 15) is 9.59 Å². The number of aromatic carboxylic acids is 2. The molecule has 0 saturated carbocycles.